The van der Waals surface area contributed by atoms with Gasteiger partial charge in [-0.2, -0.15) is 5.26 Å². The molecule has 0 amide bonds. The van der Waals surface area contributed by atoms with Crippen LogP contribution < -0.4 is 0 Å². The van der Waals surface area contributed by atoms with Gasteiger partial charge in [0.05, 0.1) is 27.7 Å². The highest BCUT2D eigenvalue weighted by atomic mass is 32.1. The zero-order valence-electron chi connectivity index (χ0n) is 6.39. The molecule has 0 N–H and O–H groups in total. The van der Waals surface area contributed by atoms with Gasteiger partial charge in [-0.3, -0.25) is 14.9 Å². The van der Waals surface area contributed by atoms with E-state index in [2.05, 4.69) is 0 Å². The van der Waals surface area contributed by atoms with Gasteiger partial charge in [0.15, 0.2) is 5.78 Å². The van der Waals surface area contributed by atoms with E-state index in [0.717, 1.165) is 11.3 Å². The average molecular weight is 196 g/mol. The molecule has 1 rings (SSSR count). The van der Waals surface area contributed by atoms with Crippen LogP contribution in [0.3, 0.4) is 0 Å². The number of nitriles is 1. The van der Waals surface area contributed by atoms with Crippen molar-refractivity contribution >= 4 is 22.8 Å². The molecule has 0 aromatic carbocycles. The number of Topliss-reactive ketones (excluding diaryl/α,β-unsaturated/α-hetero) is 1. The number of nitrogens with zero attached hydrogens (tertiary/aromatic N) is 2. The molecule has 0 aliphatic heterocycles. The standard InChI is InChI=1S/C7H4N2O3S/c8-2-1-6(10)7-3-5(4-13-7)9(11)12/h3-4H,1H2. The van der Waals surface area contributed by atoms with Crippen molar-refractivity contribution in [3.05, 3.63) is 26.4 Å². The van der Waals surface area contributed by atoms with Crippen LogP contribution in [0.2, 0.25) is 0 Å². The summed E-state index contributed by atoms with van der Waals surface area (Å²) in [4.78, 5) is 21.0. The fourth-order valence-corrected chi connectivity index (χ4v) is 1.52. The van der Waals surface area contributed by atoms with Gasteiger partial charge >= 0.3 is 0 Å². The van der Waals surface area contributed by atoms with Crippen molar-refractivity contribution in [1.29, 1.82) is 5.26 Å². The van der Waals surface area contributed by atoms with Gasteiger partial charge in [-0.15, -0.1) is 11.3 Å². The molecular weight excluding hydrogens is 192 g/mol. The lowest BCUT2D eigenvalue weighted by molar-refractivity contribution is -0.384. The first kappa shape index (κ1) is 9.35. The fourth-order valence-electron chi connectivity index (χ4n) is 0.727. The topological polar surface area (TPSA) is 84.0 Å². The maximum absolute atomic E-state index is 11.0. The van der Waals surface area contributed by atoms with Gasteiger partial charge in [0, 0.05) is 6.07 Å². The number of carbonyl (C=O) groups excluding carboxylic acids is 1. The van der Waals surface area contributed by atoms with E-state index in [1.165, 1.54) is 11.4 Å². The largest absolute Gasteiger partial charge is 0.292 e. The Balaban J connectivity index is 2.87. The molecule has 0 aliphatic rings. The predicted octanol–water partition coefficient (Wildman–Crippen LogP) is 1.75. The number of carbonyl (C=O) groups is 1. The second kappa shape index (κ2) is 3.78. The van der Waals surface area contributed by atoms with Crippen LogP contribution in [0.1, 0.15) is 16.1 Å². The molecule has 0 atom stereocenters. The molecule has 13 heavy (non-hydrogen) atoms. The maximum Gasteiger partial charge on any atom is 0.280 e. The van der Waals surface area contributed by atoms with Gasteiger partial charge in [-0.1, -0.05) is 0 Å². The molecule has 0 saturated carbocycles. The van der Waals surface area contributed by atoms with Crippen molar-refractivity contribution in [2.75, 3.05) is 0 Å². The van der Waals surface area contributed by atoms with Crippen LogP contribution in [0.15, 0.2) is 11.4 Å². The van der Waals surface area contributed by atoms with Crippen molar-refractivity contribution in [2.45, 2.75) is 6.42 Å². The highest BCUT2D eigenvalue weighted by molar-refractivity contribution is 7.12. The van der Waals surface area contributed by atoms with Crippen molar-refractivity contribution in [3.8, 4) is 6.07 Å². The number of hydrogen-bond acceptors (Lipinski definition) is 5. The number of hydrogen-bond donors (Lipinski definition) is 0. The van der Waals surface area contributed by atoms with Gasteiger partial charge in [0.1, 0.15) is 0 Å². The van der Waals surface area contributed by atoms with Crippen LogP contribution in [-0.2, 0) is 0 Å². The first-order chi connectivity index (χ1) is 6.15. The molecule has 0 aliphatic carbocycles. The first-order valence-electron chi connectivity index (χ1n) is 3.28. The molecule has 66 valence electrons. The van der Waals surface area contributed by atoms with E-state index >= 15 is 0 Å². The van der Waals surface area contributed by atoms with Gasteiger partial charge < -0.3 is 0 Å². The SMILES string of the molecule is N#CCC(=O)c1cc([N+](=O)[O-])cs1. The summed E-state index contributed by atoms with van der Waals surface area (Å²) in [7, 11) is 0. The Morgan fingerprint density at radius 1 is 1.77 bits per heavy atom. The Bertz CT molecular complexity index is 391. The van der Waals surface area contributed by atoms with Crippen LogP contribution >= 0.6 is 11.3 Å². The summed E-state index contributed by atoms with van der Waals surface area (Å²) in [5.41, 5.74) is -0.105. The molecule has 0 radical (unpaired) electrons. The third-order valence-corrected chi connectivity index (χ3v) is 2.27. The summed E-state index contributed by atoms with van der Waals surface area (Å²) < 4.78 is 0. The number of ketones is 1. The van der Waals surface area contributed by atoms with Crippen LogP contribution in [0.5, 0.6) is 0 Å². The van der Waals surface area contributed by atoms with E-state index in [-0.39, 0.29) is 22.8 Å². The second-order valence-electron chi connectivity index (χ2n) is 2.18. The Morgan fingerprint density at radius 2 is 2.46 bits per heavy atom. The van der Waals surface area contributed by atoms with Gasteiger partial charge in [0.25, 0.3) is 5.69 Å². The highest BCUT2D eigenvalue weighted by Crippen LogP contribution is 2.22. The van der Waals surface area contributed by atoms with Crippen molar-refractivity contribution < 1.29 is 9.72 Å². The molecule has 1 aromatic rings. The normalized spacial score (nSPS) is 9.15. The lowest BCUT2D eigenvalue weighted by Crippen LogP contribution is -1.92. The zero-order valence-corrected chi connectivity index (χ0v) is 7.21. The molecule has 0 fully saturated rings. The van der Waals surface area contributed by atoms with Gasteiger partial charge in [-0.05, 0) is 0 Å². The third kappa shape index (κ3) is 2.10. The van der Waals surface area contributed by atoms with E-state index in [4.69, 9.17) is 5.26 Å². The maximum atomic E-state index is 11.0. The Labute approximate surface area is 77.4 Å². The summed E-state index contributed by atoms with van der Waals surface area (Å²) in [6.45, 7) is 0. The van der Waals surface area contributed by atoms with Gasteiger partial charge in [-0.25, -0.2) is 0 Å². The van der Waals surface area contributed by atoms with Crippen molar-refractivity contribution in [3.63, 3.8) is 0 Å². The lowest BCUT2D eigenvalue weighted by Gasteiger charge is -1.85. The van der Waals surface area contributed by atoms with E-state index < -0.39 is 4.92 Å². The molecule has 5 nitrogen and oxygen atoms in total. The monoisotopic (exact) mass is 196 g/mol. The van der Waals surface area contributed by atoms with Crippen LogP contribution in [0.4, 0.5) is 5.69 Å². The third-order valence-electron chi connectivity index (χ3n) is 1.31. The molecule has 1 heterocycles. The Kier molecular flexibility index (Phi) is 2.72. The summed E-state index contributed by atoms with van der Waals surface area (Å²) in [5.74, 6) is -0.374. The molecular formula is C7H4N2O3S. The minimum absolute atomic E-state index is 0.105. The summed E-state index contributed by atoms with van der Waals surface area (Å²) in [6, 6.07) is 2.88. The minimum atomic E-state index is -0.570. The molecule has 0 spiro atoms. The first-order valence-corrected chi connectivity index (χ1v) is 4.16. The summed E-state index contributed by atoms with van der Waals surface area (Å²) >= 11 is 0.984. The van der Waals surface area contributed by atoms with E-state index in [1.807, 2.05) is 0 Å². The van der Waals surface area contributed by atoms with Gasteiger partial charge in [0.2, 0.25) is 0 Å². The van der Waals surface area contributed by atoms with E-state index in [0.29, 0.717) is 0 Å². The molecule has 0 unspecified atom stereocenters. The Morgan fingerprint density at radius 3 is 2.92 bits per heavy atom. The van der Waals surface area contributed by atoms with Crippen LogP contribution in [0, 0.1) is 21.4 Å². The van der Waals surface area contributed by atoms with Crippen molar-refractivity contribution in [2.24, 2.45) is 0 Å². The van der Waals surface area contributed by atoms with Crippen molar-refractivity contribution in [1.82, 2.24) is 0 Å². The fraction of sp³-hybridized carbons (Fsp3) is 0.143. The zero-order chi connectivity index (χ0) is 9.84. The predicted molar refractivity (Wildman–Crippen MR) is 45.5 cm³/mol. The summed E-state index contributed by atoms with van der Waals surface area (Å²) in [5, 5.41) is 19.7. The number of rotatable bonds is 3. The smallest absolute Gasteiger partial charge is 0.280 e. The quantitative estimate of drug-likeness (QED) is 0.418. The minimum Gasteiger partial charge on any atom is -0.292 e. The van der Waals surface area contributed by atoms with Crippen LogP contribution in [-0.4, -0.2) is 10.7 Å². The van der Waals surface area contributed by atoms with E-state index in [9.17, 15) is 14.9 Å². The lowest BCUT2D eigenvalue weighted by atomic mass is 10.2. The second-order valence-corrected chi connectivity index (χ2v) is 3.10. The Hall–Kier alpha value is -1.74. The van der Waals surface area contributed by atoms with E-state index in [1.54, 1.807) is 6.07 Å². The molecule has 1 aromatic heterocycles. The number of thiophene rings is 1. The number of nitro groups is 1. The summed E-state index contributed by atoms with van der Waals surface area (Å²) in [6.07, 6.45) is -0.238. The average Bonchev–Trinajstić information content (AvgIpc) is 2.52. The molecule has 0 bridgehead atoms. The molecule has 0 saturated heterocycles. The highest BCUT2D eigenvalue weighted by Gasteiger charge is 2.14. The molecule has 6 heteroatoms. The van der Waals surface area contributed by atoms with Crippen LogP contribution in [0.25, 0.3) is 0 Å².